The van der Waals surface area contributed by atoms with E-state index in [4.69, 9.17) is 23.2 Å². The van der Waals surface area contributed by atoms with Gasteiger partial charge in [0.25, 0.3) is 0 Å². The Labute approximate surface area is 157 Å². The Morgan fingerprint density at radius 1 is 1.17 bits per heavy atom. The molecule has 0 aliphatic heterocycles. The van der Waals surface area contributed by atoms with Crippen LogP contribution in [0.4, 0.5) is 0 Å². The van der Waals surface area contributed by atoms with Gasteiger partial charge in [0.1, 0.15) is 0 Å². The second-order valence-electron chi connectivity index (χ2n) is 4.77. The zero-order chi connectivity index (χ0) is 16.9. The first-order valence-electron chi connectivity index (χ1n) is 7.03. The molecule has 0 fully saturated rings. The highest BCUT2D eigenvalue weighted by Crippen LogP contribution is 2.28. The highest BCUT2D eigenvalue weighted by atomic mass is 35.5. The van der Waals surface area contributed by atoms with Crippen molar-refractivity contribution in [2.24, 2.45) is 10.1 Å². The van der Waals surface area contributed by atoms with E-state index in [0.717, 1.165) is 21.6 Å². The number of rotatable bonds is 5. The second kappa shape index (κ2) is 7.94. The van der Waals surface area contributed by atoms with E-state index in [-0.39, 0.29) is 0 Å². The summed E-state index contributed by atoms with van der Waals surface area (Å²) in [6, 6.07) is 7.55. The predicted molar refractivity (Wildman–Crippen MR) is 106 cm³/mol. The van der Waals surface area contributed by atoms with E-state index in [1.165, 1.54) is 11.3 Å². The van der Waals surface area contributed by atoms with Gasteiger partial charge in [0.2, 0.25) is 4.80 Å². The molecular formula is C17H13Cl2N3S2. The lowest BCUT2D eigenvalue weighted by Crippen LogP contribution is -2.12. The molecule has 0 unspecified atom stereocenters. The number of thiazole rings is 1. The molecule has 0 aliphatic rings. The van der Waals surface area contributed by atoms with Crippen LogP contribution in [0.1, 0.15) is 5.56 Å². The Morgan fingerprint density at radius 2 is 2.04 bits per heavy atom. The van der Waals surface area contributed by atoms with E-state index in [2.05, 4.69) is 16.7 Å². The van der Waals surface area contributed by atoms with Crippen LogP contribution in [0.15, 0.2) is 63.2 Å². The summed E-state index contributed by atoms with van der Waals surface area (Å²) in [6.07, 6.45) is 3.57. The van der Waals surface area contributed by atoms with Crippen molar-refractivity contribution in [3.63, 3.8) is 0 Å². The molecular weight excluding hydrogens is 381 g/mol. The SMILES string of the molecule is C=CCN=c1scc(-c2ccc(Cl)c(Cl)c2)n1N=Cc1ccsc1. The third-order valence-corrected chi connectivity index (χ3v) is 5.42. The number of hydrogen-bond donors (Lipinski definition) is 0. The van der Waals surface area contributed by atoms with Crippen LogP contribution in [0.5, 0.6) is 0 Å². The lowest BCUT2D eigenvalue weighted by molar-refractivity contribution is 0.840. The molecule has 0 aliphatic carbocycles. The second-order valence-corrected chi connectivity index (χ2v) is 7.21. The van der Waals surface area contributed by atoms with Crippen molar-refractivity contribution in [3.05, 3.63) is 73.5 Å². The molecule has 3 rings (SSSR count). The first-order chi connectivity index (χ1) is 11.7. The Morgan fingerprint density at radius 3 is 2.75 bits per heavy atom. The maximum Gasteiger partial charge on any atom is 0.206 e. The largest absolute Gasteiger partial charge is 0.253 e. The van der Waals surface area contributed by atoms with Crippen molar-refractivity contribution in [2.45, 2.75) is 0 Å². The maximum absolute atomic E-state index is 6.15. The summed E-state index contributed by atoms with van der Waals surface area (Å²) in [5.74, 6) is 0. The van der Waals surface area contributed by atoms with Crippen LogP contribution in [0.2, 0.25) is 10.0 Å². The van der Waals surface area contributed by atoms with E-state index in [1.54, 1.807) is 23.5 Å². The lowest BCUT2D eigenvalue weighted by Gasteiger charge is -2.05. The minimum Gasteiger partial charge on any atom is -0.253 e. The molecule has 0 atom stereocenters. The minimum atomic E-state index is 0.512. The van der Waals surface area contributed by atoms with Crippen LogP contribution in [0.3, 0.4) is 0 Å². The molecule has 3 nitrogen and oxygen atoms in total. The fraction of sp³-hybridized carbons (Fsp3) is 0.0588. The zero-order valence-corrected chi connectivity index (χ0v) is 15.7. The summed E-state index contributed by atoms with van der Waals surface area (Å²) in [7, 11) is 0. The zero-order valence-electron chi connectivity index (χ0n) is 12.5. The molecule has 0 saturated carbocycles. The highest BCUT2D eigenvalue weighted by Gasteiger charge is 2.09. The summed E-state index contributed by atoms with van der Waals surface area (Å²) in [5.41, 5.74) is 2.89. The molecule has 0 bridgehead atoms. The van der Waals surface area contributed by atoms with Gasteiger partial charge in [-0.05, 0) is 29.0 Å². The molecule has 2 heterocycles. The van der Waals surface area contributed by atoms with Crippen molar-refractivity contribution < 1.29 is 0 Å². The van der Waals surface area contributed by atoms with E-state index in [0.29, 0.717) is 16.6 Å². The Kier molecular flexibility index (Phi) is 5.68. The molecule has 1 aromatic carbocycles. The van der Waals surface area contributed by atoms with Crippen LogP contribution < -0.4 is 4.80 Å². The average molecular weight is 394 g/mol. The van der Waals surface area contributed by atoms with Crippen molar-refractivity contribution >= 4 is 52.1 Å². The third-order valence-electron chi connectivity index (χ3n) is 3.12. The Balaban J connectivity index is 2.10. The topological polar surface area (TPSA) is 29.6 Å². The Bertz CT molecular complexity index is 937. The van der Waals surface area contributed by atoms with Crippen LogP contribution in [0, 0.1) is 0 Å². The van der Waals surface area contributed by atoms with Crippen molar-refractivity contribution in [1.82, 2.24) is 4.68 Å². The first-order valence-corrected chi connectivity index (χ1v) is 9.61. The van der Waals surface area contributed by atoms with Crippen LogP contribution in [-0.2, 0) is 0 Å². The maximum atomic E-state index is 6.15. The summed E-state index contributed by atoms with van der Waals surface area (Å²) >= 11 is 15.3. The summed E-state index contributed by atoms with van der Waals surface area (Å²) < 4.78 is 1.81. The van der Waals surface area contributed by atoms with Crippen molar-refractivity contribution in [3.8, 4) is 11.3 Å². The van der Waals surface area contributed by atoms with Gasteiger partial charge in [-0.15, -0.1) is 17.9 Å². The van der Waals surface area contributed by atoms with Gasteiger partial charge in [0, 0.05) is 16.5 Å². The quantitative estimate of drug-likeness (QED) is 0.401. The van der Waals surface area contributed by atoms with Crippen molar-refractivity contribution in [1.29, 1.82) is 0 Å². The summed E-state index contributed by atoms with van der Waals surface area (Å²) in [5, 5.41) is 11.7. The van der Waals surface area contributed by atoms with Gasteiger partial charge in [-0.1, -0.05) is 35.3 Å². The smallest absolute Gasteiger partial charge is 0.206 e. The number of aromatic nitrogens is 1. The molecule has 0 spiro atoms. The van der Waals surface area contributed by atoms with Crippen molar-refractivity contribution in [2.75, 3.05) is 6.54 Å². The number of hydrogen-bond acceptors (Lipinski definition) is 4. The normalized spacial score (nSPS) is 12.2. The highest BCUT2D eigenvalue weighted by molar-refractivity contribution is 7.08. The molecule has 24 heavy (non-hydrogen) atoms. The van der Waals surface area contributed by atoms with Gasteiger partial charge in [0.05, 0.1) is 28.5 Å². The van der Waals surface area contributed by atoms with E-state index < -0.39 is 0 Å². The Hall–Kier alpha value is -1.66. The van der Waals surface area contributed by atoms with Gasteiger partial charge >= 0.3 is 0 Å². The molecule has 3 aromatic rings. The molecule has 2 aromatic heterocycles. The van der Waals surface area contributed by atoms with Gasteiger partial charge in [0.15, 0.2) is 0 Å². The van der Waals surface area contributed by atoms with Gasteiger partial charge in [-0.3, -0.25) is 4.99 Å². The number of benzene rings is 1. The monoisotopic (exact) mass is 393 g/mol. The molecule has 7 heteroatoms. The summed E-state index contributed by atoms with van der Waals surface area (Å²) in [4.78, 5) is 5.30. The molecule has 0 radical (unpaired) electrons. The first kappa shape index (κ1) is 17.2. The average Bonchev–Trinajstić information content (AvgIpc) is 3.23. The molecule has 0 saturated heterocycles. The van der Waals surface area contributed by atoms with Gasteiger partial charge < -0.3 is 0 Å². The number of nitrogens with zero attached hydrogens (tertiary/aromatic N) is 3. The lowest BCUT2D eigenvalue weighted by atomic mass is 10.2. The fourth-order valence-electron chi connectivity index (χ4n) is 1.99. The minimum absolute atomic E-state index is 0.512. The molecule has 122 valence electrons. The van der Waals surface area contributed by atoms with E-state index >= 15 is 0 Å². The molecule has 0 N–H and O–H groups in total. The standard InChI is InChI=1S/C17H13Cl2N3S2/c1-2-6-20-17-22(21-9-12-5-7-23-10-12)16(11-24-17)13-3-4-14(18)15(19)8-13/h2-5,7-11H,1,6H2. The van der Waals surface area contributed by atoms with Crippen LogP contribution >= 0.6 is 45.9 Å². The summed E-state index contributed by atoms with van der Waals surface area (Å²) in [6.45, 7) is 4.25. The van der Waals surface area contributed by atoms with E-state index in [9.17, 15) is 0 Å². The van der Waals surface area contributed by atoms with Gasteiger partial charge in [-0.2, -0.15) is 16.4 Å². The van der Waals surface area contributed by atoms with Crippen LogP contribution in [-0.4, -0.2) is 17.4 Å². The third kappa shape index (κ3) is 3.87. The number of thiophene rings is 1. The van der Waals surface area contributed by atoms with E-state index in [1.807, 2.05) is 45.2 Å². The molecule has 0 amide bonds. The predicted octanol–water partition coefficient (Wildman–Crippen LogP) is 5.55. The number of halogens is 2. The van der Waals surface area contributed by atoms with Crippen LogP contribution in [0.25, 0.3) is 11.3 Å². The fourth-order valence-corrected chi connectivity index (χ4v) is 3.74. The van der Waals surface area contributed by atoms with Gasteiger partial charge in [-0.25, -0.2) is 4.68 Å².